The Bertz CT molecular complexity index is 526. The molecule has 0 spiro atoms. The molecule has 21 heavy (non-hydrogen) atoms. The minimum atomic E-state index is -1.01. The molecule has 0 bridgehead atoms. The molecule has 0 saturated heterocycles. The molecule has 0 aliphatic carbocycles. The lowest BCUT2D eigenvalue weighted by Gasteiger charge is -2.16. The lowest BCUT2D eigenvalue weighted by Crippen LogP contribution is -2.20. The van der Waals surface area contributed by atoms with Gasteiger partial charge in [0, 0.05) is 23.9 Å². The molecular weight excluding hydrogens is 270 g/mol. The van der Waals surface area contributed by atoms with Crippen LogP contribution in [0.3, 0.4) is 0 Å². The van der Waals surface area contributed by atoms with Crippen LogP contribution in [0.2, 0.25) is 0 Å². The van der Waals surface area contributed by atoms with E-state index in [0.717, 1.165) is 0 Å². The van der Waals surface area contributed by atoms with Gasteiger partial charge in [0.25, 0.3) is 0 Å². The zero-order valence-electron chi connectivity index (χ0n) is 12.6. The van der Waals surface area contributed by atoms with Crippen LogP contribution in [0.4, 0.5) is 5.69 Å². The second kappa shape index (κ2) is 7.02. The normalized spacial score (nSPS) is 11.0. The molecule has 0 unspecified atom stereocenters. The third-order valence-corrected chi connectivity index (χ3v) is 3.06. The largest absolute Gasteiger partial charge is 0.478 e. The quantitative estimate of drug-likeness (QED) is 0.843. The van der Waals surface area contributed by atoms with Crippen LogP contribution in [0.15, 0.2) is 24.3 Å². The first-order valence-corrected chi connectivity index (χ1v) is 6.86. The first kappa shape index (κ1) is 16.9. The highest BCUT2D eigenvalue weighted by molar-refractivity contribution is 5.92. The number of Topliss-reactive ketones (excluding diaryl/α,β-unsaturated/α-hetero) is 1. The molecule has 0 saturated carbocycles. The van der Waals surface area contributed by atoms with Crippen molar-refractivity contribution in [2.75, 3.05) is 5.32 Å². The van der Waals surface area contributed by atoms with Gasteiger partial charge in [0.15, 0.2) is 0 Å². The number of hydrogen-bond acceptors (Lipinski definition) is 3. The Morgan fingerprint density at radius 2 is 1.62 bits per heavy atom. The first-order chi connectivity index (χ1) is 9.70. The fraction of sp³-hybridized carbons (Fsp3) is 0.438. The van der Waals surface area contributed by atoms with Crippen LogP contribution in [0.25, 0.3) is 0 Å². The van der Waals surface area contributed by atoms with Crippen molar-refractivity contribution >= 4 is 23.3 Å². The van der Waals surface area contributed by atoms with Gasteiger partial charge in [0.05, 0.1) is 5.56 Å². The molecule has 0 radical (unpaired) electrons. The SMILES string of the molecule is CC(C)(C)C(=O)CCCC(=O)Nc1ccc(C(=O)O)cc1. The molecule has 0 aliphatic rings. The summed E-state index contributed by atoms with van der Waals surface area (Å²) in [7, 11) is 0. The lowest BCUT2D eigenvalue weighted by atomic mass is 9.88. The third-order valence-electron chi connectivity index (χ3n) is 3.06. The van der Waals surface area contributed by atoms with Gasteiger partial charge < -0.3 is 10.4 Å². The van der Waals surface area contributed by atoms with Crippen molar-refractivity contribution in [1.29, 1.82) is 0 Å². The summed E-state index contributed by atoms with van der Waals surface area (Å²) in [6.07, 6.45) is 1.16. The standard InChI is InChI=1S/C16H21NO4/c1-16(2,3)13(18)5-4-6-14(19)17-12-9-7-11(8-10-12)15(20)21/h7-10H,4-6H2,1-3H3,(H,17,19)(H,20,21). The highest BCUT2D eigenvalue weighted by Gasteiger charge is 2.20. The van der Waals surface area contributed by atoms with Crippen LogP contribution in [-0.4, -0.2) is 22.8 Å². The summed E-state index contributed by atoms with van der Waals surface area (Å²) in [5.41, 5.74) is 0.347. The third kappa shape index (κ3) is 5.77. The Hall–Kier alpha value is -2.17. The van der Waals surface area contributed by atoms with Gasteiger partial charge in [-0.3, -0.25) is 9.59 Å². The number of ketones is 1. The molecule has 0 aromatic heterocycles. The smallest absolute Gasteiger partial charge is 0.335 e. The maximum atomic E-state index is 11.7. The molecule has 5 nitrogen and oxygen atoms in total. The summed E-state index contributed by atoms with van der Waals surface area (Å²) >= 11 is 0. The fourth-order valence-electron chi connectivity index (χ4n) is 1.70. The fourth-order valence-corrected chi connectivity index (χ4v) is 1.70. The number of carboxylic acids is 1. The maximum absolute atomic E-state index is 11.7. The molecule has 1 amide bonds. The molecule has 0 fully saturated rings. The number of nitrogens with one attached hydrogen (secondary N) is 1. The second-order valence-corrected chi connectivity index (χ2v) is 5.96. The molecular formula is C16H21NO4. The molecule has 1 aromatic carbocycles. The predicted octanol–water partition coefficient (Wildman–Crippen LogP) is 3.11. The first-order valence-electron chi connectivity index (χ1n) is 6.86. The number of carbonyl (C=O) groups excluding carboxylic acids is 2. The molecule has 0 heterocycles. The number of carbonyl (C=O) groups is 3. The van der Waals surface area contributed by atoms with Crippen LogP contribution in [0.5, 0.6) is 0 Å². The van der Waals surface area contributed by atoms with Crippen LogP contribution >= 0.6 is 0 Å². The van der Waals surface area contributed by atoms with Crippen LogP contribution in [-0.2, 0) is 9.59 Å². The minimum absolute atomic E-state index is 0.140. The number of hydrogen-bond donors (Lipinski definition) is 2. The zero-order chi connectivity index (χ0) is 16.0. The van der Waals surface area contributed by atoms with E-state index in [2.05, 4.69) is 5.32 Å². The highest BCUT2D eigenvalue weighted by atomic mass is 16.4. The number of aromatic carboxylic acids is 1. The zero-order valence-corrected chi connectivity index (χ0v) is 12.6. The number of anilines is 1. The highest BCUT2D eigenvalue weighted by Crippen LogP contribution is 2.18. The number of benzene rings is 1. The second-order valence-electron chi connectivity index (χ2n) is 5.96. The molecule has 0 atom stereocenters. The van der Waals surface area contributed by atoms with Gasteiger partial charge >= 0.3 is 5.97 Å². The van der Waals surface area contributed by atoms with Gasteiger partial charge in [-0.2, -0.15) is 0 Å². The number of carboxylic acid groups (broad SMARTS) is 1. The van der Waals surface area contributed by atoms with Gasteiger partial charge in [-0.05, 0) is 30.7 Å². The Morgan fingerprint density at radius 1 is 1.05 bits per heavy atom. The maximum Gasteiger partial charge on any atom is 0.335 e. The molecule has 0 aliphatic heterocycles. The van der Waals surface area contributed by atoms with E-state index < -0.39 is 5.97 Å². The Labute approximate surface area is 124 Å². The summed E-state index contributed by atoms with van der Waals surface area (Å²) in [5, 5.41) is 11.4. The van der Waals surface area contributed by atoms with E-state index in [1.54, 1.807) is 12.1 Å². The van der Waals surface area contributed by atoms with Gasteiger partial charge in [-0.15, -0.1) is 0 Å². The topological polar surface area (TPSA) is 83.5 Å². The molecule has 1 rings (SSSR count). The average molecular weight is 291 g/mol. The van der Waals surface area contributed by atoms with Crippen molar-refractivity contribution in [3.8, 4) is 0 Å². The predicted molar refractivity (Wildman–Crippen MR) is 80.3 cm³/mol. The van der Waals surface area contributed by atoms with E-state index in [1.807, 2.05) is 20.8 Å². The van der Waals surface area contributed by atoms with Crippen molar-refractivity contribution in [3.05, 3.63) is 29.8 Å². The van der Waals surface area contributed by atoms with E-state index in [9.17, 15) is 14.4 Å². The molecule has 2 N–H and O–H groups in total. The van der Waals surface area contributed by atoms with Crippen LogP contribution < -0.4 is 5.32 Å². The number of rotatable bonds is 6. The van der Waals surface area contributed by atoms with E-state index in [4.69, 9.17) is 5.11 Å². The van der Waals surface area contributed by atoms with Crippen molar-refractivity contribution < 1.29 is 19.5 Å². The summed E-state index contributed by atoms with van der Waals surface area (Å²) in [6, 6.07) is 5.95. The van der Waals surface area contributed by atoms with E-state index in [-0.39, 0.29) is 29.1 Å². The summed E-state index contributed by atoms with van der Waals surface area (Å²) in [6.45, 7) is 5.58. The van der Waals surface area contributed by atoms with E-state index in [1.165, 1.54) is 12.1 Å². The van der Waals surface area contributed by atoms with E-state index >= 15 is 0 Å². The average Bonchev–Trinajstić information content (AvgIpc) is 2.38. The van der Waals surface area contributed by atoms with Crippen LogP contribution in [0, 0.1) is 5.41 Å². The van der Waals surface area contributed by atoms with Crippen molar-refractivity contribution in [1.82, 2.24) is 0 Å². The molecule has 114 valence electrons. The summed E-state index contributed by atoms with van der Waals surface area (Å²) in [5.74, 6) is -1.05. The molecule has 1 aromatic rings. The lowest BCUT2D eigenvalue weighted by molar-refractivity contribution is -0.126. The molecule has 5 heteroatoms. The summed E-state index contributed by atoms with van der Waals surface area (Å²) in [4.78, 5) is 34.1. The Kier molecular flexibility index (Phi) is 5.64. The minimum Gasteiger partial charge on any atom is -0.478 e. The van der Waals surface area contributed by atoms with Crippen molar-refractivity contribution in [2.45, 2.75) is 40.0 Å². The Balaban J connectivity index is 2.40. The van der Waals surface area contributed by atoms with Crippen LogP contribution in [0.1, 0.15) is 50.4 Å². The van der Waals surface area contributed by atoms with Crippen molar-refractivity contribution in [3.63, 3.8) is 0 Å². The van der Waals surface area contributed by atoms with E-state index in [0.29, 0.717) is 18.5 Å². The summed E-state index contributed by atoms with van der Waals surface area (Å²) < 4.78 is 0. The monoisotopic (exact) mass is 291 g/mol. The van der Waals surface area contributed by atoms with Gasteiger partial charge in [-0.1, -0.05) is 20.8 Å². The Morgan fingerprint density at radius 3 is 2.10 bits per heavy atom. The van der Waals surface area contributed by atoms with Gasteiger partial charge in [0.2, 0.25) is 5.91 Å². The van der Waals surface area contributed by atoms with Gasteiger partial charge in [-0.25, -0.2) is 4.79 Å². The number of amides is 1. The van der Waals surface area contributed by atoms with Crippen molar-refractivity contribution in [2.24, 2.45) is 5.41 Å². The van der Waals surface area contributed by atoms with Gasteiger partial charge in [0.1, 0.15) is 5.78 Å².